The van der Waals surface area contributed by atoms with Gasteiger partial charge in [0.2, 0.25) is 10.0 Å². The van der Waals surface area contributed by atoms with E-state index in [0.717, 1.165) is 0 Å². The number of nitrogens with two attached hydrogens (primary N) is 1. The summed E-state index contributed by atoms with van der Waals surface area (Å²) in [5, 5.41) is 5.60. The molecule has 0 spiro atoms. The maximum Gasteiger partial charge on any atom is 0.238 e. The highest BCUT2D eigenvalue weighted by molar-refractivity contribution is 7.89. The van der Waals surface area contributed by atoms with Crippen LogP contribution in [0.3, 0.4) is 0 Å². The number of halogens is 1. The van der Waals surface area contributed by atoms with Crippen LogP contribution in [0.4, 0.5) is 0 Å². The van der Waals surface area contributed by atoms with Gasteiger partial charge in [0, 0.05) is 17.1 Å². The van der Waals surface area contributed by atoms with E-state index in [1.807, 2.05) is 0 Å². The summed E-state index contributed by atoms with van der Waals surface area (Å²) >= 11 is 5.40. The van der Waals surface area contributed by atoms with E-state index >= 15 is 0 Å². The molecule has 0 saturated carbocycles. The maximum absolute atomic E-state index is 11.5. The van der Waals surface area contributed by atoms with Gasteiger partial charge in [-0.1, -0.05) is 11.6 Å². The first-order chi connectivity index (χ1) is 9.04. The van der Waals surface area contributed by atoms with Crippen LogP contribution in [-0.2, 0) is 10.0 Å². The van der Waals surface area contributed by atoms with Gasteiger partial charge in [-0.2, -0.15) is 0 Å². The first-order valence-corrected chi connectivity index (χ1v) is 7.31. The molecule has 0 aliphatic carbocycles. The summed E-state index contributed by atoms with van der Waals surface area (Å²) in [6.07, 6.45) is 3.17. The fourth-order valence-corrected chi connectivity index (χ4v) is 2.46. The number of hydrogen-bond acceptors (Lipinski definition) is 4. The minimum Gasteiger partial charge on any atom is -0.487 e. The fraction of sp³-hybridized carbons (Fsp3) is 0.0833. The third-order valence-electron chi connectivity index (χ3n) is 2.42. The molecule has 1 aromatic carbocycles. The maximum atomic E-state index is 11.5. The van der Waals surface area contributed by atoms with E-state index in [-0.39, 0.29) is 11.5 Å². The monoisotopic (exact) mass is 298 g/mol. The van der Waals surface area contributed by atoms with E-state index in [0.29, 0.717) is 16.7 Å². The van der Waals surface area contributed by atoms with Gasteiger partial charge in [-0.15, -0.1) is 0 Å². The van der Waals surface area contributed by atoms with Gasteiger partial charge >= 0.3 is 0 Å². The largest absolute Gasteiger partial charge is 0.487 e. The zero-order chi connectivity index (χ0) is 13.9. The van der Waals surface area contributed by atoms with Crippen LogP contribution >= 0.6 is 11.6 Å². The Labute approximate surface area is 115 Å². The lowest BCUT2D eigenvalue weighted by molar-refractivity contribution is 0.366. The third kappa shape index (κ3) is 3.04. The molecule has 2 aromatic rings. The molecule has 19 heavy (non-hydrogen) atoms. The number of pyridine rings is 1. The van der Waals surface area contributed by atoms with Crippen molar-refractivity contribution >= 4 is 32.5 Å². The zero-order valence-corrected chi connectivity index (χ0v) is 11.4. The SMILES string of the molecule is NS(=O)(=O)c1ccc(OC/C=C/Cl)c2ncccc12. The van der Waals surface area contributed by atoms with Crippen LogP contribution in [0.15, 0.2) is 47.0 Å². The van der Waals surface area contributed by atoms with Crippen LogP contribution in [0.25, 0.3) is 10.9 Å². The van der Waals surface area contributed by atoms with Gasteiger partial charge in [-0.25, -0.2) is 13.6 Å². The molecule has 0 amide bonds. The summed E-state index contributed by atoms with van der Waals surface area (Å²) in [7, 11) is -3.80. The molecule has 2 N–H and O–H groups in total. The average Bonchev–Trinajstić information content (AvgIpc) is 2.37. The Balaban J connectivity index is 2.58. The first kappa shape index (κ1) is 13.8. The molecule has 5 nitrogen and oxygen atoms in total. The van der Waals surface area contributed by atoms with Crippen molar-refractivity contribution in [2.75, 3.05) is 6.61 Å². The molecule has 0 fully saturated rings. The number of sulfonamides is 1. The lowest BCUT2D eigenvalue weighted by atomic mass is 10.2. The van der Waals surface area contributed by atoms with Crippen molar-refractivity contribution in [2.45, 2.75) is 4.90 Å². The Morgan fingerprint density at radius 1 is 1.37 bits per heavy atom. The fourth-order valence-electron chi connectivity index (χ4n) is 1.66. The minimum absolute atomic E-state index is 0.0239. The molecule has 0 saturated heterocycles. The highest BCUT2D eigenvalue weighted by atomic mass is 35.5. The standard InChI is InChI=1S/C12H11ClN2O3S/c13-6-2-8-18-10-4-5-11(19(14,16)17)9-3-1-7-15-12(9)10/h1-7H,8H2,(H2,14,16,17)/b6-2+. The second-order valence-electron chi connectivity index (χ2n) is 3.68. The predicted molar refractivity (Wildman–Crippen MR) is 73.6 cm³/mol. The number of nitrogens with zero attached hydrogens (tertiary/aromatic N) is 1. The molecule has 1 aromatic heterocycles. The van der Waals surface area contributed by atoms with Crippen molar-refractivity contribution in [1.29, 1.82) is 0 Å². The predicted octanol–water partition coefficient (Wildman–Crippen LogP) is 2.01. The van der Waals surface area contributed by atoms with Crippen molar-refractivity contribution < 1.29 is 13.2 Å². The summed E-state index contributed by atoms with van der Waals surface area (Å²) < 4.78 is 28.5. The van der Waals surface area contributed by atoms with Crippen molar-refractivity contribution in [1.82, 2.24) is 4.98 Å². The smallest absolute Gasteiger partial charge is 0.238 e. The van der Waals surface area contributed by atoms with E-state index in [4.69, 9.17) is 21.5 Å². The molecular weight excluding hydrogens is 288 g/mol. The summed E-state index contributed by atoms with van der Waals surface area (Å²) in [5.41, 5.74) is 1.78. The minimum atomic E-state index is -3.80. The van der Waals surface area contributed by atoms with E-state index in [9.17, 15) is 8.42 Å². The van der Waals surface area contributed by atoms with Crippen LogP contribution in [-0.4, -0.2) is 20.0 Å². The number of ether oxygens (including phenoxy) is 1. The molecule has 0 radical (unpaired) electrons. The van der Waals surface area contributed by atoms with Gasteiger partial charge in [-0.3, -0.25) is 4.98 Å². The van der Waals surface area contributed by atoms with Crippen molar-refractivity contribution in [3.63, 3.8) is 0 Å². The van der Waals surface area contributed by atoms with Crippen molar-refractivity contribution in [2.24, 2.45) is 5.14 Å². The zero-order valence-electron chi connectivity index (χ0n) is 9.78. The molecule has 0 aliphatic rings. The summed E-state index contributed by atoms with van der Waals surface area (Å²) in [4.78, 5) is 4.16. The Kier molecular flexibility index (Phi) is 4.04. The van der Waals surface area contributed by atoms with Gasteiger partial charge in [-0.05, 0) is 30.3 Å². The van der Waals surface area contributed by atoms with Gasteiger partial charge in [0.1, 0.15) is 17.9 Å². The van der Waals surface area contributed by atoms with E-state index in [2.05, 4.69) is 4.98 Å². The number of fused-ring (bicyclic) bond motifs is 1. The molecular formula is C12H11ClN2O3S. The van der Waals surface area contributed by atoms with Crippen LogP contribution in [0.2, 0.25) is 0 Å². The highest BCUT2D eigenvalue weighted by Gasteiger charge is 2.15. The van der Waals surface area contributed by atoms with Gasteiger partial charge in [0.25, 0.3) is 0 Å². The van der Waals surface area contributed by atoms with Crippen LogP contribution in [0, 0.1) is 0 Å². The van der Waals surface area contributed by atoms with Crippen LogP contribution < -0.4 is 9.88 Å². The number of rotatable bonds is 4. The Bertz CT molecular complexity index is 729. The molecule has 0 aliphatic heterocycles. The Hall–Kier alpha value is -1.63. The lowest BCUT2D eigenvalue weighted by Gasteiger charge is -2.09. The van der Waals surface area contributed by atoms with Gasteiger partial charge in [0.15, 0.2) is 0 Å². The first-order valence-electron chi connectivity index (χ1n) is 5.32. The number of primary sulfonamides is 1. The van der Waals surface area contributed by atoms with Crippen molar-refractivity contribution in [3.8, 4) is 5.75 Å². The van der Waals surface area contributed by atoms with E-state index in [1.165, 1.54) is 17.7 Å². The lowest BCUT2D eigenvalue weighted by Crippen LogP contribution is -2.13. The Morgan fingerprint density at radius 2 is 2.16 bits per heavy atom. The molecule has 1 heterocycles. The second-order valence-corrected chi connectivity index (χ2v) is 5.46. The Morgan fingerprint density at radius 3 is 2.84 bits per heavy atom. The van der Waals surface area contributed by atoms with Gasteiger partial charge < -0.3 is 4.74 Å². The van der Waals surface area contributed by atoms with E-state index in [1.54, 1.807) is 24.4 Å². The van der Waals surface area contributed by atoms with Gasteiger partial charge in [0.05, 0.1) is 4.90 Å². The van der Waals surface area contributed by atoms with Crippen LogP contribution in [0.5, 0.6) is 5.75 Å². The van der Waals surface area contributed by atoms with E-state index < -0.39 is 10.0 Å². The second kappa shape index (κ2) is 5.56. The summed E-state index contributed by atoms with van der Waals surface area (Å²) in [6, 6.07) is 6.20. The summed E-state index contributed by atoms with van der Waals surface area (Å²) in [6.45, 7) is 0.268. The average molecular weight is 299 g/mol. The molecule has 100 valence electrons. The van der Waals surface area contributed by atoms with Crippen molar-refractivity contribution in [3.05, 3.63) is 42.1 Å². The molecule has 0 bridgehead atoms. The molecule has 2 rings (SSSR count). The third-order valence-corrected chi connectivity index (χ3v) is 3.57. The topological polar surface area (TPSA) is 82.3 Å². The normalized spacial score (nSPS) is 12.1. The summed E-state index contributed by atoms with van der Waals surface area (Å²) in [5.74, 6) is 0.470. The van der Waals surface area contributed by atoms with Crippen LogP contribution in [0.1, 0.15) is 0 Å². The highest BCUT2D eigenvalue weighted by Crippen LogP contribution is 2.28. The number of hydrogen-bond donors (Lipinski definition) is 1. The number of aromatic nitrogens is 1. The quantitative estimate of drug-likeness (QED) is 0.936. The number of benzene rings is 1. The molecule has 0 atom stereocenters. The molecule has 7 heteroatoms. The molecule has 0 unspecified atom stereocenters.